The van der Waals surface area contributed by atoms with Gasteiger partial charge in [-0.1, -0.05) is 71.6 Å². The Morgan fingerprint density at radius 2 is 1.34 bits per heavy atom. The summed E-state index contributed by atoms with van der Waals surface area (Å²) in [6.07, 6.45) is 9.91. The van der Waals surface area contributed by atoms with E-state index in [9.17, 15) is 9.59 Å². The predicted molar refractivity (Wildman–Crippen MR) is 112 cm³/mol. The first-order valence-electron chi connectivity index (χ1n) is 10.9. The molecule has 0 heterocycles. The molecule has 0 saturated carbocycles. The van der Waals surface area contributed by atoms with E-state index in [2.05, 4.69) is 13.8 Å². The van der Waals surface area contributed by atoms with Crippen LogP contribution in [-0.4, -0.2) is 63.8 Å². The number of carboxylic acid groups (broad SMARTS) is 1. The fourth-order valence-electron chi connectivity index (χ4n) is 2.48. The fraction of sp³-hybridized carbons (Fsp3) is 0.905. The van der Waals surface area contributed by atoms with Gasteiger partial charge in [-0.2, -0.15) is 0 Å². The van der Waals surface area contributed by atoms with Crippen molar-refractivity contribution in [3.05, 3.63) is 0 Å². The number of Topliss-reactive ketones (excluding diaryl/α,β-unsaturated/α-hetero) is 1. The summed E-state index contributed by atoms with van der Waals surface area (Å²) in [7, 11) is 0. The zero-order valence-electron chi connectivity index (χ0n) is 18.2. The maximum absolute atomic E-state index is 11.1. The van der Waals surface area contributed by atoms with E-state index >= 15 is 0 Å². The molecule has 8 nitrogen and oxygen atoms in total. The number of rotatable bonds is 18. The van der Waals surface area contributed by atoms with Crippen LogP contribution in [0.25, 0.3) is 0 Å². The molecular weight excluding hydrogens is 378 g/mol. The number of ether oxygens (including phenoxy) is 1. The molecule has 0 radical (unpaired) electrons. The summed E-state index contributed by atoms with van der Waals surface area (Å²) in [6.45, 7) is 4.25. The molecule has 174 valence electrons. The number of nitrogens with two attached hydrogens (primary N) is 1. The smallest absolute Gasteiger partial charge is 0.328 e. The molecule has 3 atom stereocenters. The van der Waals surface area contributed by atoms with Crippen LogP contribution >= 0.6 is 0 Å². The molecule has 0 aliphatic heterocycles. The molecule has 0 saturated heterocycles. The number of aliphatic hydroxyl groups excluding tert-OH is 3. The van der Waals surface area contributed by atoms with E-state index in [0.29, 0.717) is 6.61 Å². The van der Waals surface area contributed by atoms with Gasteiger partial charge in [-0.05, 0) is 12.8 Å². The van der Waals surface area contributed by atoms with Crippen LogP contribution in [0.2, 0.25) is 0 Å². The quantitative estimate of drug-likeness (QED) is 0.129. The van der Waals surface area contributed by atoms with Crippen LogP contribution in [0.4, 0.5) is 0 Å². The van der Waals surface area contributed by atoms with E-state index in [1.54, 1.807) is 0 Å². The SMILES string of the molecule is CCCCCCCC(=O)C(N)C(=O)O.CCCCCCCCOC(O)C(O)CO. The first-order valence-corrected chi connectivity index (χ1v) is 10.9. The standard InChI is InChI=1S/C11H24O4.C10H19NO3/c1-2-3-4-5-6-7-8-15-11(14)10(13)9-12;1-2-3-4-5-6-7-8(12)9(11)10(13)14/h10-14H,2-9H2,1H3;9H,2-7,11H2,1H3,(H,13,14). The van der Waals surface area contributed by atoms with E-state index in [4.69, 9.17) is 30.9 Å². The molecule has 0 aromatic heterocycles. The number of carbonyl (C=O) groups excluding carboxylic acids is 1. The monoisotopic (exact) mass is 421 g/mol. The topological polar surface area (TPSA) is 150 Å². The highest BCUT2D eigenvalue weighted by molar-refractivity contribution is 6.01. The Labute approximate surface area is 175 Å². The fourth-order valence-corrected chi connectivity index (χ4v) is 2.48. The number of aliphatic hydroxyl groups is 3. The Balaban J connectivity index is 0. The van der Waals surface area contributed by atoms with Gasteiger partial charge in [0.25, 0.3) is 0 Å². The molecular formula is C21H43NO7. The van der Waals surface area contributed by atoms with Crippen LogP contribution < -0.4 is 5.73 Å². The Morgan fingerprint density at radius 1 is 0.862 bits per heavy atom. The van der Waals surface area contributed by atoms with E-state index in [1.807, 2.05) is 0 Å². The van der Waals surface area contributed by atoms with Gasteiger partial charge in [0.1, 0.15) is 6.10 Å². The maximum atomic E-state index is 11.1. The third-order valence-corrected chi connectivity index (χ3v) is 4.44. The van der Waals surface area contributed by atoms with Gasteiger partial charge >= 0.3 is 5.97 Å². The van der Waals surface area contributed by atoms with Gasteiger partial charge < -0.3 is 30.9 Å². The molecule has 0 aromatic rings. The molecule has 3 unspecified atom stereocenters. The Bertz CT molecular complexity index is 393. The lowest BCUT2D eigenvalue weighted by atomic mass is 10.1. The van der Waals surface area contributed by atoms with E-state index in [0.717, 1.165) is 38.5 Å². The number of carboxylic acids is 1. The highest BCUT2D eigenvalue weighted by Gasteiger charge is 2.19. The summed E-state index contributed by atoms with van der Waals surface area (Å²) in [5.41, 5.74) is 5.15. The van der Waals surface area contributed by atoms with E-state index in [-0.39, 0.29) is 12.2 Å². The number of unbranched alkanes of at least 4 members (excludes halogenated alkanes) is 9. The summed E-state index contributed by atoms with van der Waals surface area (Å²) in [5.74, 6) is -1.60. The second-order valence-corrected chi connectivity index (χ2v) is 7.23. The lowest BCUT2D eigenvalue weighted by Gasteiger charge is -2.15. The predicted octanol–water partition coefficient (Wildman–Crippen LogP) is 2.36. The number of hydrogen-bond donors (Lipinski definition) is 5. The minimum absolute atomic E-state index is 0.289. The third-order valence-electron chi connectivity index (χ3n) is 4.44. The number of aliphatic carboxylic acids is 1. The molecule has 0 bridgehead atoms. The van der Waals surface area contributed by atoms with Gasteiger partial charge in [0.15, 0.2) is 18.1 Å². The van der Waals surface area contributed by atoms with Gasteiger partial charge in [-0.25, -0.2) is 0 Å². The van der Waals surface area contributed by atoms with Crippen molar-refractivity contribution in [1.29, 1.82) is 0 Å². The van der Waals surface area contributed by atoms with Crippen LogP contribution in [0, 0.1) is 0 Å². The number of carbonyl (C=O) groups is 2. The molecule has 0 aliphatic carbocycles. The molecule has 0 amide bonds. The summed E-state index contributed by atoms with van der Waals surface area (Å²) < 4.78 is 4.95. The lowest BCUT2D eigenvalue weighted by Crippen LogP contribution is -2.38. The maximum Gasteiger partial charge on any atom is 0.328 e. The summed E-state index contributed by atoms with van der Waals surface area (Å²) in [4.78, 5) is 21.4. The minimum atomic E-state index is -1.33. The van der Waals surface area contributed by atoms with Gasteiger partial charge in [0.2, 0.25) is 0 Å². The zero-order chi connectivity index (χ0) is 22.5. The van der Waals surface area contributed by atoms with Crippen LogP contribution in [0.15, 0.2) is 0 Å². The Kier molecular flexibility index (Phi) is 22.5. The third kappa shape index (κ3) is 20.0. The Hall–Kier alpha value is -1.06. The van der Waals surface area contributed by atoms with Gasteiger partial charge in [0.05, 0.1) is 6.61 Å². The molecule has 0 spiro atoms. The summed E-state index contributed by atoms with van der Waals surface area (Å²) >= 11 is 0. The van der Waals surface area contributed by atoms with E-state index in [1.165, 1.54) is 32.1 Å². The van der Waals surface area contributed by atoms with Crippen molar-refractivity contribution in [2.75, 3.05) is 13.2 Å². The summed E-state index contributed by atoms with van der Waals surface area (Å²) in [5, 5.41) is 35.1. The first kappa shape index (κ1) is 30.1. The van der Waals surface area contributed by atoms with Crippen molar-refractivity contribution in [3.63, 3.8) is 0 Å². The van der Waals surface area contributed by atoms with Crippen LogP contribution in [-0.2, 0) is 14.3 Å². The second-order valence-electron chi connectivity index (χ2n) is 7.23. The largest absolute Gasteiger partial charge is 0.480 e. The lowest BCUT2D eigenvalue weighted by molar-refractivity contribution is -0.171. The van der Waals surface area contributed by atoms with Gasteiger partial charge in [0, 0.05) is 13.0 Å². The van der Waals surface area contributed by atoms with Crippen LogP contribution in [0.3, 0.4) is 0 Å². The molecule has 0 aromatic carbocycles. The van der Waals surface area contributed by atoms with Crippen molar-refractivity contribution in [2.24, 2.45) is 5.73 Å². The van der Waals surface area contributed by atoms with Crippen molar-refractivity contribution < 1.29 is 34.8 Å². The highest BCUT2D eigenvalue weighted by atomic mass is 16.6. The molecule has 0 aliphatic rings. The average Bonchev–Trinajstić information content (AvgIpc) is 2.71. The summed E-state index contributed by atoms with van der Waals surface area (Å²) in [6, 6.07) is -1.33. The molecule has 6 N–H and O–H groups in total. The van der Waals surface area contributed by atoms with Crippen molar-refractivity contribution >= 4 is 11.8 Å². The van der Waals surface area contributed by atoms with Crippen LogP contribution in [0.1, 0.15) is 90.9 Å². The van der Waals surface area contributed by atoms with Crippen LogP contribution in [0.5, 0.6) is 0 Å². The van der Waals surface area contributed by atoms with Crippen molar-refractivity contribution in [2.45, 2.75) is 109 Å². The molecule has 8 heteroatoms. The van der Waals surface area contributed by atoms with Crippen molar-refractivity contribution in [1.82, 2.24) is 0 Å². The highest BCUT2D eigenvalue weighted by Crippen LogP contribution is 2.07. The Morgan fingerprint density at radius 3 is 1.83 bits per heavy atom. The number of hydrogen-bond acceptors (Lipinski definition) is 7. The minimum Gasteiger partial charge on any atom is -0.480 e. The first-order chi connectivity index (χ1) is 13.8. The van der Waals surface area contributed by atoms with E-state index < -0.39 is 31.0 Å². The second kappa shape index (κ2) is 21.6. The van der Waals surface area contributed by atoms with Gasteiger partial charge in [-0.3, -0.25) is 9.59 Å². The number of ketones is 1. The average molecular weight is 422 g/mol. The van der Waals surface area contributed by atoms with Crippen molar-refractivity contribution in [3.8, 4) is 0 Å². The molecule has 0 fully saturated rings. The molecule has 0 rings (SSSR count). The van der Waals surface area contributed by atoms with Gasteiger partial charge in [-0.15, -0.1) is 0 Å². The normalized spacial score (nSPS) is 13.9. The zero-order valence-corrected chi connectivity index (χ0v) is 18.2. The molecule has 29 heavy (non-hydrogen) atoms.